The topological polar surface area (TPSA) is 73.5 Å². The first-order chi connectivity index (χ1) is 6.70. The maximum absolute atomic E-state index is 9.59. The van der Waals surface area contributed by atoms with E-state index < -0.39 is 6.10 Å². The maximum Gasteiger partial charge on any atom is 0.163 e. The van der Waals surface area contributed by atoms with Crippen molar-refractivity contribution in [2.75, 3.05) is 7.11 Å². The molecule has 4 heteroatoms. The Bertz CT molecular complexity index is 357. The molecule has 14 heavy (non-hydrogen) atoms. The van der Waals surface area contributed by atoms with Gasteiger partial charge in [-0.05, 0) is 6.07 Å². The van der Waals surface area contributed by atoms with Crippen LogP contribution in [0.3, 0.4) is 0 Å². The molecule has 1 rings (SSSR count). The SMILES string of the molecule is COc1cccc(C(O)CC#N)c1O. The molecule has 4 nitrogen and oxygen atoms in total. The molecule has 2 N–H and O–H groups in total. The highest BCUT2D eigenvalue weighted by Crippen LogP contribution is 2.34. The molecule has 0 aliphatic heterocycles. The smallest absolute Gasteiger partial charge is 0.163 e. The van der Waals surface area contributed by atoms with E-state index in [1.165, 1.54) is 7.11 Å². The lowest BCUT2D eigenvalue weighted by Crippen LogP contribution is -1.97. The number of nitrogens with zero attached hydrogens (tertiary/aromatic N) is 1. The molecule has 0 saturated carbocycles. The van der Waals surface area contributed by atoms with Crippen LogP contribution in [0.4, 0.5) is 0 Å². The molecular weight excluding hydrogens is 182 g/mol. The third-order valence-corrected chi connectivity index (χ3v) is 1.89. The van der Waals surface area contributed by atoms with Gasteiger partial charge >= 0.3 is 0 Å². The summed E-state index contributed by atoms with van der Waals surface area (Å²) in [4.78, 5) is 0. The molecule has 0 amide bonds. The minimum atomic E-state index is -0.977. The largest absolute Gasteiger partial charge is 0.504 e. The van der Waals surface area contributed by atoms with Crippen molar-refractivity contribution < 1.29 is 14.9 Å². The Labute approximate surface area is 82.0 Å². The second-order valence-corrected chi connectivity index (χ2v) is 2.78. The van der Waals surface area contributed by atoms with Gasteiger partial charge in [0.25, 0.3) is 0 Å². The van der Waals surface area contributed by atoms with Crippen LogP contribution in [-0.2, 0) is 0 Å². The second kappa shape index (κ2) is 4.49. The molecule has 1 unspecified atom stereocenters. The van der Waals surface area contributed by atoms with Crippen LogP contribution in [0.15, 0.2) is 18.2 Å². The zero-order valence-electron chi connectivity index (χ0n) is 7.77. The van der Waals surface area contributed by atoms with Gasteiger partial charge in [-0.25, -0.2) is 0 Å². The Morgan fingerprint density at radius 3 is 2.86 bits per heavy atom. The zero-order valence-corrected chi connectivity index (χ0v) is 7.77. The Kier molecular flexibility index (Phi) is 3.32. The highest BCUT2D eigenvalue weighted by Gasteiger charge is 2.14. The van der Waals surface area contributed by atoms with Crippen LogP contribution in [-0.4, -0.2) is 17.3 Å². The van der Waals surface area contributed by atoms with Gasteiger partial charge < -0.3 is 14.9 Å². The molecular formula is C10H11NO3. The molecule has 0 aliphatic rings. The van der Waals surface area contributed by atoms with Gasteiger partial charge in [0, 0.05) is 5.56 Å². The predicted molar refractivity (Wildman–Crippen MR) is 49.8 cm³/mol. The number of hydrogen-bond donors (Lipinski definition) is 2. The number of rotatable bonds is 3. The standard InChI is InChI=1S/C10H11NO3/c1-14-9-4-2-3-7(10(9)13)8(12)5-6-11/h2-4,8,12-13H,5H2,1H3. The van der Waals surface area contributed by atoms with Crippen molar-refractivity contribution in [3.8, 4) is 17.6 Å². The van der Waals surface area contributed by atoms with Gasteiger partial charge in [0.05, 0.1) is 25.7 Å². The van der Waals surface area contributed by atoms with Crippen LogP contribution in [0.2, 0.25) is 0 Å². The van der Waals surface area contributed by atoms with Crippen molar-refractivity contribution in [1.82, 2.24) is 0 Å². The second-order valence-electron chi connectivity index (χ2n) is 2.78. The number of ether oxygens (including phenoxy) is 1. The number of phenols is 1. The summed E-state index contributed by atoms with van der Waals surface area (Å²) in [6, 6.07) is 6.61. The molecule has 0 radical (unpaired) electrons. The number of aromatic hydroxyl groups is 1. The Hall–Kier alpha value is -1.73. The van der Waals surface area contributed by atoms with Crippen molar-refractivity contribution in [2.45, 2.75) is 12.5 Å². The predicted octanol–water partition coefficient (Wildman–Crippen LogP) is 1.35. The van der Waals surface area contributed by atoms with E-state index in [1.54, 1.807) is 18.2 Å². The van der Waals surface area contributed by atoms with Crippen molar-refractivity contribution in [3.05, 3.63) is 23.8 Å². The number of para-hydroxylation sites is 1. The summed E-state index contributed by atoms with van der Waals surface area (Å²) in [6.45, 7) is 0. The summed E-state index contributed by atoms with van der Waals surface area (Å²) >= 11 is 0. The minimum absolute atomic E-state index is 0.0548. The van der Waals surface area contributed by atoms with E-state index in [0.717, 1.165) is 0 Å². The van der Waals surface area contributed by atoms with Crippen molar-refractivity contribution in [2.24, 2.45) is 0 Å². The number of methoxy groups -OCH3 is 1. The summed E-state index contributed by atoms with van der Waals surface area (Å²) in [6.07, 6.45) is -1.03. The summed E-state index contributed by atoms with van der Waals surface area (Å²) in [7, 11) is 1.43. The van der Waals surface area contributed by atoms with Crippen LogP contribution in [0.25, 0.3) is 0 Å². The molecule has 74 valence electrons. The summed E-state index contributed by atoms with van der Waals surface area (Å²) in [5.74, 6) is 0.178. The van der Waals surface area contributed by atoms with E-state index in [0.29, 0.717) is 11.3 Å². The number of phenolic OH excluding ortho intramolecular Hbond substituents is 1. The lowest BCUT2D eigenvalue weighted by molar-refractivity contribution is 0.178. The van der Waals surface area contributed by atoms with E-state index in [4.69, 9.17) is 10.00 Å². The van der Waals surface area contributed by atoms with E-state index >= 15 is 0 Å². The van der Waals surface area contributed by atoms with Gasteiger partial charge in [0.1, 0.15) is 0 Å². The fourth-order valence-corrected chi connectivity index (χ4v) is 1.17. The van der Waals surface area contributed by atoms with Crippen LogP contribution in [0, 0.1) is 11.3 Å². The number of hydrogen-bond acceptors (Lipinski definition) is 4. The lowest BCUT2D eigenvalue weighted by Gasteiger charge is -2.11. The molecule has 0 heterocycles. The van der Waals surface area contributed by atoms with Gasteiger partial charge in [0.15, 0.2) is 11.5 Å². The van der Waals surface area contributed by atoms with Crippen LogP contribution in [0.5, 0.6) is 11.5 Å². The molecule has 0 aliphatic carbocycles. The van der Waals surface area contributed by atoms with Gasteiger partial charge in [-0.3, -0.25) is 0 Å². The Balaban J connectivity index is 3.04. The van der Waals surface area contributed by atoms with Gasteiger partial charge in [-0.15, -0.1) is 0 Å². The Morgan fingerprint density at radius 1 is 1.57 bits per heavy atom. The normalized spacial score (nSPS) is 11.8. The quantitative estimate of drug-likeness (QED) is 0.759. The average molecular weight is 193 g/mol. The van der Waals surface area contributed by atoms with Gasteiger partial charge in [-0.1, -0.05) is 12.1 Å². The Morgan fingerprint density at radius 2 is 2.29 bits per heavy atom. The zero-order chi connectivity index (χ0) is 10.6. The molecule has 0 aromatic heterocycles. The number of benzene rings is 1. The van der Waals surface area contributed by atoms with Crippen LogP contribution in [0.1, 0.15) is 18.1 Å². The van der Waals surface area contributed by atoms with Crippen molar-refractivity contribution >= 4 is 0 Å². The number of nitriles is 1. The van der Waals surface area contributed by atoms with E-state index in [2.05, 4.69) is 0 Å². The minimum Gasteiger partial charge on any atom is -0.504 e. The van der Waals surface area contributed by atoms with E-state index in [9.17, 15) is 10.2 Å². The summed E-state index contributed by atoms with van der Waals surface area (Å²) in [5.41, 5.74) is 0.311. The van der Waals surface area contributed by atoms with Crippen molar-refractivity contribution in [3.63, 3.8) is 0 Å². The number of aliphatic hydroxyl groups is 1. The highest BCUT2D eigenvalue weighted by molar-refractivity contribution is 5.46. The highest BCUT2D eigenvalue weighted by atomic mass is 16.5. The first-order valence-electron chi connectivity index (χ1n) is 4.11. The molecule has 1 aromatic carbocycles. The third kappa shape index (κ3) is 1.95. The van der Waals surface area contributed by atoms with Gasteiger partial charge in [0.2, 0.25) is 0 Å². The first-order valence-corrected chi connectivity index (χ1v) is 4.11. The fourth-order valence-electron chi connectivity index (χ4n) is 1.17. The van der Waals surface area contributed by atoms with Crippen molar-refractivity contribution in [1.29, 1.82) is 5.26 Å². The van der Waals surface area contributed by atoms with E-state index in [1.807, 2.05) is 6.07 Å². The summed E-state index contributed by atoms with van der Waals surface area (Å²) in [5, 5.41) is 27.5. The van der Waals surface area contributed by atoms with Crippen LogP contribution < -0.4 is 4.74 Å². The molecule has 0 saturated heterocycles. The molecule has 1 aromatic rings. The number of aliphatic hydroxyl groups excluding tert-OH is 1. The first kappa shape index (κ1) is 10.4. The maximum atomic E-state index is 9.59. The monoisotopic (exact) mass is 193 g/mol. The summed E-state index contributed by atoms with van der Waals surface area (Å²) < 4.78 is 4.87. The average Bonchev–Trinajstić information content (AvgIpc) is 2.18. The van der Waals surface area contributed by atoms with E-state index in [-0.39, 0.29) is 12.2 Å². The molecule has 1 atom stereocenters. The molecule has 0 fully saturated rings. The molecule has 0 spiro atoms. The lowest BCUT2D eigenvalue weighted by atomic mass is 10.1. The van der Waals surface area contributed by atoms with Crippen LogP contribution >= 0.6 is 0 Å². The molecule has 0 bridgehead atoms. The fraction of sp³-hybridized carbons (Fsp3) is 0.300. The third-order valence-electron chi connectivity index (χ3n) is 1.89. The van der Waals surface area contributed by atoms with Gasteiger partial charge in [-0.2, -0.15) is 5.26 Å².